The van der Waals surface area contributed by atoms with Gasteiger partial charge < -0.3 is 10.5 Å². The zero-order chi connectivity index (χ0) is 14.5. The highest BCUT2D eigenvalue weighted by molar-refractivity contribution is 6.42. The lowest BCUT2D eigenvalue weighted by Crippen LogP contribution is -2.06. The molecule has 0 fully saturated rings. The van der Waals surface area contributed by atoms with Gasteiger partial charge in [-0.05, 0) is 48.7 Å². The van der Waals surface area contributed by atoms with Crippen molar-refractivity contribution in [2.75, 3.05) is 6.54 Å². The van der Waals surface area contributed by atoms with Crippen LogP contribution >= 0.6 is 23.2 Å². The van der Waals surface area contributed by atoms with Crippen molar-refractivity contribution in [3.05, 3.63) is 63.1 Å². The zero-order valence-electron chi connectivity index (χ0n) is 11.3. The van der Waals surface area contributed by atoms with E-state index in [4.69, 9.17) is 33.7 Å². The van der Waals surface area contributed by atoms with Crippen LogP contribution in [0.5, 0.6) is 5.75 Å². The summed E-state index contributed by atoms with van der Waals surface area (Å²) in [7, 11) is 0. The first-order valence-corrected chi connectivity index (χ1v) is 7.22. The second-order valence-electron chi connectivity index (χ2n) is 4.64. The molecule has 0 aliphatic heterocycles. The predicted molar refractivity (Wildman–Crippen MR) is 84.7 cm³/mol. The second kappa shape index (κ2) is 6.98. The van der Waals surface area contributed by atoms with Gasteiger partial charge in [-0.2, -0.15) is 0 Å². The number of halogens is 2. The van der Waals surface area contributed by atoms with Crippen LogP contribution in [0, 0.1) is 6.92 Å². The standard InChI is InChI=1S/C16H17Cl2NO/c1-11-3-2-4-13(7-8-19)16(11)20-10-12-5-6-14(17)15(18)9-12/h2-6,9H,7-8,10,19H2,1H3. The highest BCUT2D eigenvalue weighted by atomic mass is 35.5. The van der Waals surface area contributed by atoms with Gasteiger partial charge in [0.1, 0.15) is 12.4 Å². The highest BCUT2D eigenvalue weighted by Crippen LogP contribution is 2.26. The van der Waals surface area contributed by atoms with E-state index in [-0.39, 0.29) is 0 Å². The number of para-hydroxylation sites is 1. The molecular weight excluding hydrogens is 293 g/mol. The van der Waals surface area contributed by atoms with E-state index in [0.717, 1.165) is 28.9 Å². The van der Waals surface area contributed by atoms with E-state index in [1.165, 1.54) is 0 Å². The van der Waals surface area contributed by atoms with E-state index < -0.39 is 0 Å². The smallest absolute Gasteiger partial charge is 0.125 e. The molecule has 2 rings (SSSR count). The Hall–Kier alpha value is -1.22. The van der Waals surface area contributed by atoms with E-state index in [1.54, 1.807) is 6.07 Å². The van der Waals surface area contributed by atoms with Crippen LogP contribution in [0.2, 0.25) is 10.0 Å². The summed E-state index contributed by atoms with van der Waals surface area (Å²) < 4.78 is 5.94. The van der Waals surface area contributed by atoms with Crippen molar-refractivity contribution in [1.82, 2.24) is 0 Å². The fourth-order valence-corrected chi connectivity index (χ4v) is 2.38. The van der Waals surface area contributed by atoms with Crippen LogP contribution in [-0.2, 0) is 13.0 Å². The first-order valence-electron chi connectivity index (χ1n) is 6.47. The van der Waals surface area contributed by atoms with Crippen LogP contribution in [0.25, 0.3) is 0 Å². The van der Waals surface area contributed by atoms with Crippen LogP contribution in [0.4, 0.5) is 0 Å². The van der Waals surface area contributed by atoms with Gasteiger partial charge >= 0.3 is 0 Å². The maximum atomic E-state index is 6.00. The van der Waals surface area contributed by atoms with E-state index in [0.29, 0.717) is 23.2 Å². The van der Waals surface area contributed by atoms with Crippen LogP contribution in [0.3, 0.4) is 0 Å². The van der Waals surface area contributed by atoms with E-state index >= 15 is 0 Å². The Balaban J connectivity index is 2.15. The lowest BCUT2D eigenvalue weighted by Gasteiger charge is -2.14. The third-order valence-corrected chi connectivity index (χ3v) is 3.81. The van der Waals surface area contributed by atoms with Gasteiger partial charge in [-0.3, -0.25) is 0 Å². The SMILES string of the molecule is Cc1cccc(CCN)c1OCc1ccc(Cl)c(Cl)c1. The summed E-state index contributed by atoms with van der Waals surface area (Å²) in [6, 6.07) is 11.6. The molecule has 0 aromatic heterocycles. The van der Waals surface area contributed by atoms with Gasteiger partial charge in [-0.15, -0.1) is 0 Å². The summed E-state index contributed by atoms with van der Waals surface area (Å²) in [5.74, 6) is 0.907. The first kappa shape index (κ1) is 15.2. The Bertz CT molecular complexity index is 599. The molecule has 106 valence electrons. The average Bonchev–Trinajstić information content (AvgIpc) is 2.42. The number of hydrogen-bond acceptors (Lipinski definition) is 2. The zero-order valence-corrected chi connectivity index (χ0v) is 12.8. The summed E-state index contributed by atoms with van der Waals surface area (Å²) in [5, 5.41) is 1.09. The predicted octanol–water partition coefficient (Wildman–Crippen LogP) is 4.38. The lowest BCUT2D eigenvalue weighted by atomic mass is 10.1. The van der Waals surface area contributed by atoms with Crippen molar-refractivity contribution < 1.29 is 4.74 Å². The molecule has 0 bridgehead atoms. The average molecular weight is 310 g/mol. The minimum Gasteiger partial charge on any atom is -0.488 e. The maximum absolute atomic E-state index is 6.00. The fourth-order valence-electron chi connectivity index (χ4n) is 2.06. The Morgan fingerprint density at radius 2 is 1.90 bits per heavy atom. The Kier molecular flexibility index (Phi) is 5.30. The number of hydrogen-bond donors (Lipinski definition) is 1. The lowest BCUT2D eigenvalue weighted by molar-refractivity contribution is 0.301. The number of ether oxygens (including phenoxy) is 1. The molecule has 0 amide bonds. The molecule has 0 spiro atoms. The monoisotopic (exact) mass is 309 g/mol. The van der Waals surface area contributed by atoms with E-state index in [1.807, 2.05) is 37.3 Å². The first-order chi connectivity index (χ1) is 9.61. The van der Waals surface area contributed by atoms with Crippen LogP contribution in [0.1, 0.15) is 16.7 Å². The molecule has 0 unspecified atom stereocenters. The van der Waals surface area contributed by atoms with E-state index in [2.05, 4.69) is 0 Å². The summed E-state index contributed by atoms with van der Waals surface area (Å²) in [6.07, 6.45) is 0.804. The molecule has 0 aliphatic rings. The largest absolute Gasteiger partial charge is 0.488 e. The molecule has 0 atom stereocenters. The third kappa shape index (κ3) is 3.66. The van der Waals surface area contributed by atoms with Crippen molar-refractivity contribution in [2.24, 2.45) is 5.73 Å². The van der Waals surface area contributed by atoms with Gasteiger partial charge in [0.15, 0.2) is 0 Å². The molecular formula is C16H17Cl2NO. The number of aryl methyl sites for hydroxylation is 1. The van der Waals surface area contributed by atoms with Gasteiger partial charge in [0.2, 0.25) is 0 Å². The quantitative estimate of drug-likeness (QED) is 0.889. The molecule has 2 aromatic rings. The van der Waals surface area contributed by atoms with Gasteiger partial charge in [0.25, 0.3) is 0 Å². The number of benzene rings is 2. The summed E-state index contributed by atoms with van der Waals surface area (Å²) in [6.45, 7) is 3.09. The minimum atomic E-state index is 0.458. The van der Waals surface area contributed by atoms with Crippen molar-refractivity contribution in [2.45, 2.75) is 20.0 Å². The fraction of sp³-hybridized carbons (Fsp3) is 0.250. The molecule has 0 radical (unpaired) electrons. The normalized spacial score (nSPS) is 10.6. The van der Waals surface area contributed by atoms with Crippen LogP contribution < -0.4 is 10.5 Å². The molecule has 2 aromatic carbocycles. The summed E-state index contributed by atoms with van der Waals surface area (Å²) in [5.41, 5.74) is 8.86. The van der Waals surface area contributed by atoms with Crippen molar-refractivity contribution in [3.8, 4) is 5.75 Å². The molecule has 20 heavy (non-hydrogen) atoms. The molecule has 0 saturated heterocycles. The van der Waals surface area contributed by atoms with Gasteiger partial charge in [-0.1, -0.05) is 47.5 Å². The van der Waals surface area contributed by atoms with Gasteiger partial charge in [-0.25, -0.2) is 0 Å². The highest BCUT2D eigenvalue weighted by Gasteiger charge is 2.07. The Morgan fingerprint density at radius 3 is 2.60 bits per heavy atom. The van der Waals surface area contributed by atoms with Crippen molar-refractivity contribution >= 4 is 23.2 Å². The third-order valence-electron chi connectivity index (χ3n) is 3.07. The molecule has 2 nitrogen and oxygen atoms in total. The molecule has 0 saturated carbocycles. The number of nitrogens with two attached hydrogens (primary N) is 1. The Labute approximate surface area is 129 Å². The minimum absolute atomic E-state index is 0.458. The molecule has 0 aliphatic carbocycles. The molecule has 0 heterocycles. The van der Waals surface area contributed by atoms with Gasteiger partial charge in [0.05, 0.1) is 10.0 Å². The van der Waals surface area contributed by atoms with Crippen molar-refractivity contribution in [1.29, 1.82) is 0 Å². The number of rotatable bonds is 5. The maximum Gasteiger partial charge on any atom is 0.125 e. The second-order valence-corrected chi connectivity index (χ2v) is 5.45. The summed E-state index contributed by atoms with van der Waals surface area (Å²) in [4.78, 5) is 0. The molecule has 2 N–H and O–H groups in total. The van der Waals surface area contributed by atoms with Gasteiger partial charge in [0, 0.05) is 0 Å². The molecule has 4 heteroatoms. The topological polar surface area (TPSA) is 35.2 Å². The van der Waals surface area contributed by atoms with Crippen LogP contribution in [-0.4, -0.2) is 6.54 Å². The van der Waals surface area contributed by atoms with Crippen molar-refractivity contribution in [3.63, 3.8) is 0 Å². The van der Waals surface area contributed by atoms with Crippen LogP contribution in [0.15, 0.2) is 36.4 Å². The summed E-state index contributed by atoms with van der Waals surface area (Å²) >= 11 is 11.9. The Morgan fingerprint density at radius 1 is 1.10 bits per heavy atom. The van der Waals surface area contributed by atoms with E-state index in [9.17, 15) is 0 Å².